The molecule has 0 bridgehead atoms. The molecule has 0 aromatic carbocycles. The van der Waals surface area contributed by atoms with Gasteiger partial charge in [0.25, 0.3) is 0 Å². The lowest BCUT2D eigenvalue weighted by atomic mass is 9.92. The minimum absolute atomic E-state index is 0.160. The number of hydrogen-bond acceptors (Lipinski definition) is 3. The van der Waals surface area contributed by atoms with Crippen molar-refractivity contribution in [1.82, 2.24) is 0 Å². The second-order valence-electron chi connectivity index (χ2n) is 4.54. The Bertz CT molecular complexity index is 202. The molecular weight excluding hydrogens is 206 g/mol. The van der Waals surface area contributed by atoms with Crippen LogP contribution in [0.1, 0.15) is 44.9 Å². The van der Waals surface area contributed by atoms with E-state index < -0.39 is 5.97 Å². The lowest BCUT2D eigenvalue weighted by molar-refractivity contribution is -0.144. The molecule has 1 rings (SSSR count). The topological polar surface area (TPSA) is 72.5 Å². The molecule has 0 aromatic rings. The highest BCUT2D eigenvalue weighted by Gasteiger charge is 2.23. The Balaban J connectivity index is 2.28. The maximum Gasteiger partial charge on any atom is 0.306 e. The summed E-state index contributed by atoms with van der Waals surface area (Å²) in [7, 11) is 0. The van der Waals surface area contributed by atoms with E-state index in [9.17, 15) is 4.79 Å². The Morgan fingerprint density at radius 3 is 2.81 bits per heavy atom. The summed E-state index contributed by atoms with van der Waals surface area (Å²) < 4.78 is 5.58. The smallest absolute Gasteiger partial charge is 0.306 e. The predicted octanol–water partition coefficient (Wildman–Crippen LogP) is 1.78. The first-order chi connectivity index (χ1) is 7.74. The quantitative estimate of drug-likeness (QED) is 0.653. The van der Waals surface area contributed by atoms with Crippen LogP contribution < -0.4 is 5.73 Å². The molecule has 1 aliphatic heterocycles. The van der Waals surface area contributed by atoms with Gasteiger partial charge in [-0.2, -0.15) is 0 Å². The van der Waals surface area contributed by atoms with Crippen LogP contribution in [0.15, 0.2) is 0 Å². The third-order valence-corrected chi connectivity index (χ3v) is 3.18. The minimum Gasteiger partial charge on any atom is -0.481 e. The lowest BCUT2D eigenvalue weighted by Crippen LogP contribution is -2.26. The summed E-state index contributed by atoms with van der Waals surface area (Å²) in [6, 6.07) is 0. The van der Waals surface area contributed by atoms with Crippen LogP contribution in [-0.4, -0.2) is 30.3 Å². The van der Waals surface area contributed by atoms with Gasteiger partial charge in [-0.1, -0.05) is 6.42 Å². The van der Waals surface area contributed by atoms with Gasteiger partial charge in [0, 0.05) is 6.61 Å². The standard InChI is InChI=1S/C12H23NO3/c13-7-3-1-5-10(12(14)15)9-11-6-2-4-8-16-11/h10-11H,1-9,13H2,(H,14,15). The van der Waals surface area contributed by atoms with Gasteiger partial charge in [-0.05, 0) is 45.1 Å². The molecule has 0 aromatic heterocycles. The van der Waals surface area contributed by atoms with Crippen molar-refractivity contribution in [2.24, 2.45) is 11.7 Å². The van der Waals surface area contributed by atoms with Crippen LogP contribution >= 0.6 is 0 Å². The molecule has 1 fully saturated rings. The molecule has 0 saturated carbocycles. The number of unbranched alkanes of at least 4 members (excludes halogenated alkanes) is 1. The van der Waals surface area contributed by atoms with Crippen LogP contribution in [0.2, 0.25) is 0 Å². The summed E-state index contributed by atoms with van der Waals surface area (Å²) >= 11 is 0. The molecule has 1 saturated heterocycles. The van der Waals surface area contributed by atoms with Crippen molar-refractivity contribution in [1.29, 1.82) is 0 Å². The van der Waals surface area contributed by atoms with E-state index >= 15 is 0 Å². The van der Waals surface area contributed by atoms with E-state index in [0.717, 1.165) is 38.7 Å². The van der Waals surface area contributed by atoms with Gasteiger partial charge >= 0.3 is 5.97 Å². The molecule has 4 nitrogen and oxygen atoms in total. The van der Waals surface area contributed by atoms with Crippen molar-refractivity contribution in [2.75, 3.05) is 13.2 Å². The van der Waals surface area contributed by atoms with E-state index in [1.54, 1.807) is 0 Å². The van der Waals surface area contributed by atoms with Crippen LogP contribution in [0, 0.1) is 5.92 Å². The number of rotatable bonds is 7. The Morgan fingerprint density at radius 2 is 2.25 bits per heavy atom. The number of ether oxygens (including phenoxy) is 1. The van der Waals surface area contributed by atoms with Gasteiger partial charge in [0.05, 0.1) is 12.0 Å². The molecule has 4 heteroatoms. The highest BCUT2D eigenvalue weighted by molar-refractivity contribution is 5.69. The number of carboxylic acid groups (broad SMARTS) is 1. The third-order valence-electron chi connectivity index (χ3n) is 3.18. The fraction of sp³-hybridized carbons (Fsp3) is 0.917. The predicted molar refractivity (Wildman–Crippen MR) is 62.2 cm³/mol. The first kappa shape index (κ1) is 13.5. The molecule has 0 radical (unpaired) electrons. The molecule has 94 valence electrons. The molecule has 0 amide bonds. The van der Waals surface area contributed by atoms with Crippen LogP contribution in [-0.2, 0) is 9.53 Å². The molecular formula is C12H23NO3. The molecule has 0 aliphatic carbocycles. The van der Waals surface area contributed by atoms with Gasteiger partial charge in [0.1, 0.15) is 0 Å². The highest BCUT2D eigenvalue weighted by Crippen LogP contribution is 2.23. The summed E-state index contributed by atoms with van der Waals surface area (Å²) in [6.07, 6.45) is 6.66. The SMILES string of the molecule is NCCCCC(CC1CCCCO1)C(=O)O. The summed E-state index contributed by atoms with van der Waals surface area (Å²) in [5, 5.41) is 9.12. The van der Waals surface area contributed by atoms with Crippen molar-refractivity contribution in [2.45, 2.75) is 51.0 Å². The normalized spacial score (nSPS) is 22.9. The molecule has 0 spiro atoms. The number of carbonyl (C=O) groups is 1. The first-order valence-corrected chi connectivity index (χ1v) is 6.28. The van der Waals surface area contributed by atoms with Crippen LogP contribution in [0.5, 0.6) is 0 Å². The number of aliphatic carboxylic acids is 1. The lowest BCUT2D eigenvalue weighted by Gasteiger charge is -2.25. The van der Waals surface area contributed by atoms with E-state index in [1.807, 2.05) is 0 Å². The summed E-state index contributed by atoms with van der Waals surface area (Å²) in [4.78, 5) is 11.1. The minimum atomic E-state index is -0.689. The van der Waals surface area contributed by atoms with E-state index in [-0.39, 0.29) is 12.0 Å². The van der Waals surface area contributed by atoms with E-state index in [2.05, 4.69) is 0 Å². The summed E-state index contributed by atoms with van der Waals surface area (Å²) in [5.41, 5.74) is 5.40. The maximum absolute atomic E-state index is 11.1. The second kappa shape index (κ2) is 7.63. The van der Waals surface area contributed by atoms with Crippen molar-refractivity contribution < 1.29 is 14.6 Å². The zero-order valence-electron chi connectivity index (χ0n) is 9.86. The average molecular weight is 229 g/mol. The highest BCUT2D eigenvalue weighted by atomic mass is 16.5. The molecule has 1 aliphatic rings. The van der Waals surface area contributed by atoms with Gasteiger partial charge in [0.2, 0.25) is 0 Å². The molecule has 2 atom stereocenters. The van der Waals surface area contributed by atoms with Crippen molar-refractivity contribution in [3.05, 3.63) is 0 Å². The summed E-state index contributed by atoms with van der Waals surface area (Å²) in [6.45, 7) is 1.44. The Labute approximate surface area is 97.2 Å². The van der Waals surface area contributed by atoms with Crippen molar-refractivity contribution in [3.8, 4) is 0 Å². The zero-order valence-corrected chi connectivity index (χ0v) is 9.86. The second-order valence-corrected chi connectivity index (χ2v) is 4.54. The van der Waals surface area contributed by atoms with Crippen LogP contribution in [0.25, 0.3) is 0 Å². The number of nitrogens with two attached hydrogens (primary N) is 1. The van der Waals surface area contributed by atoms with Crippen molar-refractivity contribution in [3.63, 3.8) is 0 Å². The van der Waals surface area contributed by atoms with Crippen molar-refractivity contribution >= 4 is 5.97 Å². The monoisotopic (exact) mass is 229 g/mol. The van der Waals surface area contributed by atoms with Gasteiger partial charge in [0.15, 0.2) is 0 Å². The largest absolute Gasteiger partial charge is 0.481 e. The van der Waals surface area contributed by atoms with Crippen LogP contribution in [0.3, 0.4) is 0 Å². The molecule has 3 N–H and O–H groups in total. The third kappa shape index (κ3) is 4.94. The van der Waals surface area contributed by atoms with Gasteiger partial charge in [-0.25, -0.2) is 0 Å². The van der Waals surface area contributed by atoms with E-state index in [1.165, 1.54) is 6.42 Å². The van der Waals surface area contributed by atoms with Gasteiger partial charge in [-0.3, -0.25) is 4.79 Å². The first-order valence-electron chi connectivity index (χ1n) is 6.28. The molecule has 2 unspecified atom stereocenters. The Kier molecular flexibility index (Phi) is 6.42. The number of carboxylic acids is 1. The zero-order chi connectivity index (χ0) is 11.8. The molecule has 16 heavy (non-hydrogen) atoms. The van der Waals surface area contributed by atoms with Crippen LogP contribution in [0.4, 0.5) is 0 Å². The Hall–Kier alpha value is -0.610. The summed E-state index contributed by atoms with van der Waals surface area (Å²) in [5.74, 6) is -0.944. The van der Waals surface area contributed by atoms with E-state index in [0.29, 0.717) is 13.0 Å². The fourth-order valence-electron chi connectivity index (χ4n) is 2.19. The van der Waals surface area contributed by atoms with Gasteiger partial charge < -0.3 is 15.6 Å². The molecule has 1 heterocycles. The fourth-order valence-corrected chi connectivity index (χ4v) is 2.19. The van der Waals surface area contributed by atoms with Gasteiger partial charge in [-0.15, -0.1) is 0 Å². The maximum atomic E-state index is 11.1. The average Bonchev–Trinajstić information content (AvgIpc) is 2.29. The Morgan fingerprint density at radius 1 is 1.44 bits per heavy atom. The number of hydrogen-bond donors (Lipinski definition) is 2. The van der Waals surface area contributed by atoms with E-state index in [4.69, 9.17) is 15.6 Å².